The Morgan fingerprint density at radius 3 is 2.74 bits per heavy atom. The van der Waals surface area contributed by atoms with Crippen LogP contribution in [0.25, 0.3) is 0 Å². The number of nitrogens with zero attached hydrogens (tertiary/aromatic N) is 3. The normalized spacial score (nSPS) is 11.9. The topological polar surface area (TPSA) is 59.4 Å². The highest BCUT2D eigenvalue weighted by atomic mass is 16.5. The molecule has 1 atom stereocenters. The molecule has 2 amide bonds. The van der Waals surface area contributed by atoms with Crippen molar-refractivity contribution in [3.8, 4) is 5.75 Å². The predicted molar refractivity (Wildman–Crippen MR) is 90.9 cm³/mol. The molecular weight excluding hydrogens is 292 g/mol. The lowest BCUT2D eigenvalue weighted by molar-refractivity contribution is 0.207. The Hall–Kier alpha value is -2.50. The fraction of sp³-hybridized carbons (Fsp3) is 0.412. The fourth-order valence-electron chi connectivity index (χ4n) is 2.45. The number of hydrogen-bond donors (Lipinski definition) is 1. The smallest absolute Gasteiger partial charge is 0.322 e. The molecule has 0 aliphatic heterocycles. The van der Waals surface area contributed by atoms with Crippen molar-refractivity contribution in [1.82, 2.24) is 14.7 Å². The van der Waals surface area contributed by atoms with Gasteiger partial charge in [-0.1, -0.05) is 18.2 Å². The van der Waals surface area contributed by atoms with E-state index in [4.69, 9.17) is 4.74 Å². The molecule has 124 valence electrons. The van der Waals surface area contributed by atoms with E-state index in [0.29, 0.717) is 5.82 Å². The lowest BCUT2D eigenvalue weighted by Crippen LogP contribution is -2.39. The van der Waals surface area contributed by atoms with Crippen LogP contribution in [0.4, 0.5) is 10.6 Å². The summed E-state index contributed by atoms with van der Waals surface area (Å²) >= 11 is 0. The Morgan fingerprint density at radius 2 is 2.13 bits per heavy atom. The van der Waals surface area contributed by atoms with Gasteiger partial charge in [0, 0.05) is 26.2 Å². The number of nitrogens with one attached hydrogen (secondary N) is 1. The minimum absolute atomic E-state index is 0.0284. The van der Waals surface area contributed by atoms with Gasteiger partial charge in [-0.15, -0.1) is 0 Å². The van der Waals surface area contributed by atoms with Gasteiger partial charge in [0.1, 0.15) is 11.6 Å². The second kappa shape index (κ2) is 7.17. The molecule has 2 aromatic rings. The summed E-state index contributed by atoms with van der Waals surface area (Å²) in [5.41, 5.74) is 1.95. The number of carbonyl (C=O) groups is 1. The Labute approximate surface area is 137 Å². The molecule has 23 heavy (non-hydrogen) atoms. The van der Waals surface area contributed by atoms with E-state index in [2.05, 4.69) is 10.4 Å². The van der Waals surface area contributed by atoms with Crippen molar-refractivity contribution in [3.63, 3.8) is 0 Å². The first-order valence-electron chi connectivity index (χ1n) is 7.58. The molecule has 0 bridgehead atoms. The number of anilines is 1. The highest BCUT2D eigenvalue weighted by Gasteiger charge is 2.18. The van der Waals surface area contributed by atoms with Gasteiger partial charge in [0.05, 0.1) is 12.8 Å². The van der Waals surface area contributed by atoms with Crippen LogP contribution in [0.2, 0.25) is 0 Å². The summed E-state index contributed by atoms with van der Waals surface area (Å²) in [6.07, 6.45) is 0.721. The molecule has 0 aliphatic rings. The number of methoxy groups -OCH3 is 1. The van der Waals surface area contributed by atoms with Gasteiger partial charge in [0.15, 0.2) is 0 Å². The largest absolute Gasteiger partial charge is 0.496 e. The van der Waals surface area contributed by atoms with E-state index in [1.54, 1.807) is 30.8 Å². The van der Waals surface area contributed by atoms with E-state index in [1.165, 1.54) is 0 Å². The van der Waals surface area contributed by atoms with Crippen LogP contribution in [0.1, 0.15) is 18.2 Å². The quantitative estimate of drug-likeness (QED) is 0.923. The molecule has 0 saturated carbocycles. The van der Waals surface area contributed by atoms with Crippen LogP contribution in [0.3, 0.4) is 0 Å². The maximum Gasteiger partial charge on any atom is 0.322 e. The molecule has 0 aliphatic carbocycles. The standard InChI is InChI=1S/C17H24N4O2/c1-12-10-16(21(4)19-12)18-17(22)20(3)13(2)11-14-8-6-7-9-15(14)23-5/h6-10,13H,11H2,1-5H3,(H,18,22). The maximum atomic E-state index is 12.4. The lowest BCUT2D eigenvalue weighted by atomic mass is 10.1. The van der Waals surface area contributed by atoms with Crippen LogP contribution in [0.15, 0.2) is 30.3 Å². The first-order chi connectivity index (χ1) is 10.9. The summed E-state index contributed by atoms with van der Waals surface area (Å²) < 4.78 is 7.03. The number of carbonyl (C=O) groups excluding carboxylic acids is 1. The molecule has 1 aromatic carbocycles. The Bertz CT molecular complexity index is 681. The summed E-state index contributed by atoms with van der Waals surface area (Å²) in [5.74, 6) is 1.53. The van der Waals surface area contributed by atoms with E-state index in [1.807, 2.05) is 44.2 Å². The van der Waals surface area contributed by atoms with E-state index in [9.17, 15) is 4.79 Å². The number of urea groups is 1. The van der Waals surface area contributed by atoms with Crippen molar-refractivity contribution in [2.75, 3.05) is 19.5 Å². The minimum atomic E-state index is -0.157. The number of ether oxygens (including phenoxy) is 1. The Kier molecular flexibility index (Phi) is 5.26. The first kappa shape index (κ1) is 16.9. The second-order valence-corrected chi connectivity index (χ2v) is 5.70. The van der Waals surface area contributed by atoms with Crippen LogP contribution >= 0.6 is 0 Å². The maximum absolute atomic E-state index is 12.4. The predicted octanol–water partition coefficient (Wildman–Crippen LogP) is 2.83. The molecule has 6 nitrogen and oxygen atoms in total. The summed E-state index contributed by atoms with van der Waals surface area (Å²) in [4.78, 5) is 14.1. The summed E-state index contributed by atoms with van der Waals surface area (Å²) in [6.45, 7) is 3.91. The third-order valence-corrected chi connectivity index (χ3v) is 3.93. The number of aromatic nitrogens is 2. The zero-order valence-corrected chi connectivity index (χ0v) is 14.3. The number of likely N-dealkylation sites (N-methyl/N-ethyl adjacent to an activating group) is 1. The highest BCUT2D eigenvalue weighted by Crippen LogP contribution is 2.20. The molecule has 1 N–H and O–H groups in total. The Balaban J connectivity index is 2.02. The van der Waals surface area contributed by atoms with Crippen molar-refractivity contribution in [2.24, 2.45) is 7.05 Å². The SMILES string of the molecule is COc1ccccc1CC(C)N(C)C(=O)Nc1cc(C)nn1C. The van der Waals surface area contributed by atoms with Crippen molar-refractivity contribution < 1.29 is 9.53 Å². The van der Waals surface area contributed by atoms with Gasteiger partial charge in [-0.05, 0) is 31.9 Å². The van der Waals surface area contributed by atoms with Gasteiger partial charge >= 0.3 is 6.03 Å². The number of para-hydroxylation sites is 1. The number of rotatable bonds is 5. The average Bonchev–Trinajstić information content (AvgIpc) is 2.84. The van der Waals surface area contributed by atoms with Crippen molar-refractivity contribution in [2.45, 2.75) is 26.3 Å². The Morgan fingerprint density at radius 1 is 1.43 bits per heavy atom. The monoisotopic (exact) mass is 316 g/mol. The molecule has 1 aromatic heterocycles. The van der Waals surface area contributed by atoms with Crippen LogP contribution in [-0.2, 0) is 13.5 Å². The summed E-state index contributed by atoms with van der Waals surface area (Å²) in [7, 11) is 5.25. The second-order valence-electron chi connectivity index (χ2n) is 5.70. The molecule has 0 spiro atoms. The molecular formula is C17H24N4O2. The third kappa shape index (κ3) is 4.03. The lowest BCUT2D eigenvalue weighted by Gasteiger charge is -2.25. The highest BCUT2D eigenvalue weighted by molar-refractivity contribution is 5.88. The van der Waals surface area contributed by atoms with Crippen LogP contribution < -0.4 is 10.1 Å². The van der Waals surface area contributed by atoms with Gasteiger partial charge in [0.25, 0.3) is 0 Å². The molecule has 1 unspecified atom stereocenters. The number of amides is 2. The summed E-state index contributed by atoms with van der Waals surface area (Å²) in [6, 6.07) is 9.58. The average molecular weight is 316 g/mol. The number of benzene rings is 1. The van der Waals surface area contributed by atoms with Gasteiger partial charge in [-0.25, -0.2) is 4.79 Å². The summed E-state index contributed by atoms with van der Waals surface area (Å²) in [5, 5.41) is 7.11. The molecule has 0 saturated heterocycles. The van der Waals surface area contributed by atoms with Crippen LogP contribution in [-0.4, -0.2) is 40.9 Å². The fourth-order valence-corrected chi connectivity index (χ4v) is 2.45. The minimum Gasteiger partial charge on any atom is -0.496 e. The van der Waals surface area contributed by atoms with Gasteiger partial charge < -0.3 is 9.64 Å². The van der Waals surface area contributed by atoms with E-state index in [-0.39, 0.29) is 12.1 Å². The van der Waals surface area contributed by atoms with Crippen LogP contribution in [0, 0.1) is 6.92 Å². The zero-order valence-electron chi connectivity index (χ0n) is 14.3. The van der Waals surface area contributed by atoms with E-state index in [0.717, 1.165) is 23.4 Å². The van der Waals surface area contributed by atoms with Crippen molar-refractivity contribution in [3.05, 3.63) is 41.6 Å². The number of aryl methyl sites for hydroxylation is 2. The third-order valence-electron chi connectivity index (χ3n) is 3.93. The van der Waals surface area contributed by atoms with Gasteiger partial charge in [-0.2, -0.15) is 5.10 Å². The van der Waals surface area contributed by atoms with Crippen molar-refractivity contribution in [1.29, 1.82) is 0 Å². The van der Waals surface area contributed by atoms with E-state index < -0.39 is 0 Å². The van der Waals surface area contributed by atoms with Crippen molar-refractivity contribution >= 4 is 11.8 Å². The zero-order chi connectivity index (χ0) is 17.0. The molecule has 1 heterocycles. The molecule has 6 heteroatoms. The molecule has 0 radical (unpaired) electrons. The van der Waals surface area contributed by atoms with E-state index >= 15 is 0 Å². The van der Waals surface area contributed by atoms with Crippen LogP contribution in [0.5, 0.6) is 5.75 Å². The van der Waals surface area contributed by atoms with Gasteiger partial charge in [-0.3, -0.25) is 10.00 Å². The first-order valence-corrected chi connectivity index (χ1v) is 7.58. The number of hydrogen-bond acceptors (Lipinski definition) is 3. The van der Waals surface area contributed by atoms with Gasteiger partial charge in [0.2, 0.25) is 0 Å². The molecule has 0 fully saturated rings. The molecule has 2 rings (SSSR count).